The van der Waals surface area contributed by atoms with Crippen LogP contribution in [-0.4, -0.2) is 82.2 Å². The number of likely N-dealkylation sites (tertiary alicyclic amines) is 1. The third-order valence-electron chi connectivity index (χ3n) is 4.83. The fourth-order valence-electron chi connectivity index (χ4n) is 3.12. The third-order valence-corrected chi connectivity index (χ3v) is 5.87. The number of thioether (sulfide) groups is 1. The first-order valence-corrected chi connectivity index (χ1v) is 11.7. The molecule has 1 saturated heterocycles. The van der Waals surface area contributed by atoms with Crippen molar-refractivity contribution in [2.24, 2.45) is 11.7 Å². The first-order chi connectivity index (χ1) is 13.6. The molecule has 0 aliphatic carbocycles. The van der Waals surface area contributed by atoms with E-state index in [9.17, 15) is 24.3 Å². The van der Waals surface area contributed by atoms with E-state index in [-0.39, 0.29) is 17.6 Å². The lowest BCUT2D eigenvalue weighted by Gasteiger charge is -2.30. The summed E-state index contributed by atoms with van der Waals surface area (Å²) in [4.78, 5) is 50.8. The van der Waals surface area contributed by atoms with Crippen LogP contribution in [0, 0.1) is 5.92 Å². The first kappa shape index (κ1) is 25.6. The number of nitrogens with two attached hydrogens (primary N) is 1. The minimum Gasteiger partial charge on any atom is -0.480 e. The molecule has 4 atom stereocenters. The molecule has 1 aliphatic heterocycles. The van der Waals surface area contributed by atoms with E-state index < -0.39 is 42.0 Å². The Balaban J connectivity index is 2.92. The number of carboxylic acids is 1. The van der Waals surface area contributed by atoms with Gasteiger partial charge in [-0.1, -0.05) is 13.8 Å². The summed E-state index contributed by atoms with van der Waals surface area (Å²) in [5.74, 6) is -1.92. The number of nitrogens with one attached hydrogen (secondary N) is 2. The highest BCUT2D eigenvalue weighted by molar-refractivity contribution is 7.98. The highest BCUT2D eigenvalue weighted by atomic mass is 32.2. The van der Waals surface area contributed by atoms with Gasteiger partial charge in [-0.05, 0) is 37.2 Å². The van der Waals surface area contributed by atoms with Gasteiger partial charge in [-0.15, -0.1) is 0 Å². The monoisotopic (exact) mass is 448 g/mol. The number of carboxylic acid groups (broad SMARTS) is 1. The largest absolute Gasteiger partial charge is 0.480 e. The lowest BCUT2D eigenvalue weighted by molar-refractivity contribution is -0.145. The summed E-state index contributed by atoms with van der Waals surface area (Å²) in [6, 6.07) is -3.41. The van der Waals surface area contributed by atoms with Crippen LogP contribution in [0.3, 0.4) is 0 Å². The van der Waals surface area contributed by atoms with Crippen molar-refractivity contribution >= 4 is 48.1 Å². The van der Waals surface area contributed by atoms with Gasteiger partial charge in [-0.3, -0.25) is 14.4 Å². The SMILES string of the molecule is CSCCC(NC(=O)C(N)CS)C(=O)N1CCCC1C(=O)NC(C(=O)O)C(C)C. The molecule has 1 aliphatic rings. The van der Waals surface area contributed by atoms with Crippen molar-refractivity contribution in [3.05, 3.63) is 0 Å². The van der Waals surface area contributed by atoms with Crippen molar-refractivity contribution in [3.8, 4) is 0 Å². The molecular weight excluding hydrogens is 416 g/mol. The summed E-state index contributed by atoms with van der Waals surface area (Å²) in [6.45, 7) is 3.78. The lowest BCUT2D eigenvalue weighted by Crippen LogP contribution is -2.57. The molecule has 0 bridgehead atoms. The van der Waals surface area contributed by atoms with Crippen LogP contribution in [-0.2, 0) is 19.2 Å². The van der Waals surface area contributed by atoms with Crippen LogP contribution in [0.4, 0.5) is 0 Å². The molecule has 3 amide bonds. The molecule has 0 aromatic rings. The van der Waals surface area contributed by atoms with Gasteiger partial charge in [-0.2, -0.15) is 24.4 Å². The van der Waals surface area contributed by atoms with Crippen molar-refractivity contribution in [2.45, 2.75) is 57.3 Å². The molecule has 0 saturated carbocycles. The number of rotatable bonds is 11. The Morgan fingerprint density at radius 1 is 1.28 bits per heavy atom. The number of nitrogens with zero attached hydrogens (tertiary/aromatic N) is 1. The fourth-order valence-corrected chi connectivity index (χ4v) is 3.76. The van der Waals surface area contributed by atoms with Gasteiger partial charge >= 0.3 is 5.97 Å². The van der Waals surface area contributed by atoms with Gasteiger partial charge in [0.05, 0.1) is 6.04 Å². The van der Waals surface area contributed by atoms with Gasteiger partial charge in [0.2, 0.25) is 17.7 Å². The van der Waals surface area contributed by atoms with Crippen molar-refractivity contribution in [3.63, 3.8) is 0 Å². The van der Waals surface area contributed by atoms with Crippen LogP contribution in [0.5, 0.6) is 0 Å². The first-order valence-electron chi connectivity index (χ1n) is 9.63. The Labute approximate surface area is 181 Å². The van der Waals surface area contributed by atoms with Crippen molar-refractivity contribution in [1.29, 1.82) is 0 Å². The Hall–Kier alpha value is -1.46. The predicted octanol–water partition coefficient (Wildman–Crippen LogP) is -0.302. The summed E-state index contributed by atoms with van der Waals surface area (Å²) in [5.41, 5.74) is 5.70. The molecule has 0 radical (unpaired) electrons. The van der Waals surface area contributed by atoms with Gasteiger partial charge in [0.15, 0.2) is 0 Å². The van der Waals surface area contributed by atoms with Gasteiger partial charge in [0.1, 0.15) is 18.1 Å². The molecule has 166 valence electrons. The summed E-state index contributed by atoms with van der Waals surface area (Å²) >= 11 is 5.55. The maximum atomic E-state index is 13.1. The smallest absolute Gasteiger partial charge is 0.326 e. The molecule has 5 N–H and O–H groups in total. The minimum absolute atomic E-state index is 0.149. The van der Waals surface area contributed by atoms with E-state index in [1.807, 2.05) is 6.26 Å². The second kappa shape index (κ2) is 12.3. The van der Waals surface area contributed by atoms with E-state index >= 15 is 0 Å². The van der Waals surface area contributed by atoms with Crippen molar-refractivity contribution in [1.82, 2.24) is 15.5 Å². The van der Waals surface area contributed by atoms with Crippen molar-refractivity contribution in [2.75, 3.05) is 24.3 Å². The number of aliphatic carboxylic acids is 1. The predicted molar refractivity (Wildman–Crippen MR) is 116 cm³/mol. The van der Waals surface area contributed by atoms with Crippen LogP contribution in [0.25, 0.3) is 0 Å². The molecule has 1 rings (SSSR count). The van der Waals surface area contributed by atoms with Crippen LogP contribution < -0.4 is 16.4 Å². The van der Waals surface area contributed by atoms with E-state index in [4.69, 9.17) is 5.73 Å². The van der Waals surface area contributed by atoms with E-state index in [1.165, 1.54) is 4.90 Å². The topological polar surface area (TPSA) is 142 Å². The van der Waals surface area contributed by atoms with Crippen LogP contribution in [0.2, 0.25) is 0 Å². The number of amides is 3. The van der Waals surface area contributed by atoms with E-state index in [0.717, 1.165) is 0 Å². The highest BCUT2D eigenvalue weighted by Gasteiger charge is 2.39. The van der Waals surface area contributed by atoms with Gasteiger partial charge < -0.3 is 26.4 Å². The molecule has 0 spiro atoms. The molecule has 1 fully saturated rings. The molecule has 9 nitrogen and oxygen atoms in total. The normalized spacial score (nSPS) is 19.5. The van der Waals surface area contributed by atoms with E-state index in [1.54, 1.807) is 25.6 Å². The summed E-state index contributed by atoms with van der Waals surface area (Å²) in [5, 5.41) is 14.5. The molecule has 1 heterocycles. The number of thiol groups is 1. The van der Waals surface area contributed by atoms with Crippen LogP contribution in [0.15, 0.2) is 0 Å². The fraction of sp³-hybridized carbons (Fsp3) is 0.778. The summed E-state index contributed by atoms with van der Waals surface area (Å²) in [6.07, 6.45) is 3.37. The van der Waals surface area contributed by atoms with Crippen LogP contribution in [0.1, 0.15) is 33.1 Å². The minimum atomic E-state index is -1.12. The zero-order valence-electron chi connectivity index (χ0n) is 17.1. The molecular formula is C18H32N4O5S2. The molecule has 0 aromatic heterocycles. The Kier molecular flexibility index (Phi) is 10.8. The van der Waals surface area contributed by atoms with E-state index in [2.05, 4.69) is 23.3 Å². The van der Waals surface area contributed by atoms with Gasteiger partial charge in [0, 0.05) is 12.3 Å². The number of hydrogen-bond donors (Lipinski definition) is 5. The van der Waals surface area contributed by atoms with Gasteiger partial charge in [0.25, 0.3) is 0 Å². The average Bonchev–Trinajstić information content (AvgIpc) is 3.16. The zero-order chi connectivity index (χ0) is 22.1. The number of carbonyl (C=O) groups excluding carboxylic acids is 3. The summed E-state index contributed by atoms with van der Waals surface area (Å²) < 4.78 is 0. The average molecular weight is 449 g/mol. The van der Waals surface area contributed by atoms with Crippen molar-refractivity contribution < 1.29 is 24.3 Å². The number of hydrogen-bond acceptors (Lipinski definition) is 7. The summed E-state index contributed by atoms with van der Waals surface area (Å²) in [7, 11) is 0. The Morgan fingerprint density at radius 3 is 2.45 bits per heavy atom. The standard InChI is InChI=1S/C18H32N4O5S2/c1-10(2)14(18(26)27)21-16(24)13-5-4-7-22(13)17(25)12(6-8-29-3)20-15(23)11(19)9-28/h10-14,28H,4-9,19H2,1-3H3,(H,20,23)(H,21,24)(H,26,27). The highest BCUT2D eigenvalue weighted by Crippen LogP contribution is 2.20. The zero-order valence-corrected chi connectivity index (χ0v) is 18.8. The lowest BCUT2D eigenvalue weighted by atomic mass is 10.0. The second-order valence-corrected chi connectivity index (χ2v) is 8.74. The Bertz CT molecular complexity index is 605. The second-order valence-electron chi connectivity index (χ2n) is 7.39. The maximum absolute atomic E-state index is 13.1. The Morgan fingerprint density at radius 2 is 1.93 bits per heavy atom. The third kappa shape index (κ3) is 7.38. The quantitative estimate of drug-likeness (QED) is 0.273. The van der Waals surface area contributed by atoms with Gasteiger partial charge in [-0.25, -0.2) is 4.79 Å². The van der Waals surface area contributed by atoms with E-state index in [0.29, 0.717) is 31.6 Å². The van der Waals surface area contributed by atoms with Crippen LogP contribution >= 0.6 is 24.4 Å². The number of carbonyl (C=O) groups is 4. The molecule has 29 heavy (non-hydrogen) atoms. The molecule has 11 heteroatoms. The molecule has 0 aromatic carbocycles. The molecule has 4 unspecified atom stereocenters. The maximum Gasteiger partial charge on any atom is 0.326 e.